The zero-order valence-electron chi connectivity index (χ0n) is 18.7. The smallest absolute Gasteiger partial charge is 0.314 e. The molecule has 0 bridgehead atoms. The molecule has 9 nitrogen and oxygen atoms in total. The summed E-state index contributed by atoms with van der Waals surface area (Å²) >= 11 is 0. The molecule has 1 N–H and O–H groups in total. The minimum Gasteiger partial charge on any atom is -0.415 e. The fraction of sp³-hybridized carbons (Fsp3) is 0.292. The van der Waals surface area contributed by atoms with E-state index in [0.29, 0.717) is 12.1 Å². The van der Waals surface area contributed by atoms with Crippen LogP contribution in [0.3, 0.4) is 0 Å². The van der Waals surface area contributed by atoms with Gasteiger partial charge in [-0.3, -0.25) is 9.88 Å². The number of aromatic nitrogens is 7. The van der Waals surface area contributed by atoms with Crippen LogP contribution in [0.2, 0.25) is 0 Å². The second kappa shape index (κ2) is 8.99. The molecule has 1 fully saturated rings. The van der Waals surface area contributed by atoms with Crippen molar-refractivity contribution >= 4 is 10.9 Å². The van der Waals surface area contributed by atoms with Gasteiger partial charge in [-0.25, -0.2) is 4.68 Å². The molecular formula is C24H22F2N8O. The first-order chi connectivity index (χ1) is 17.1. The van der Waals surface area contributed by atoms with Crippen LogP contribution in [0.25, 0.3) is 33.6 Å². The van der Waals surface area contributed by atoms with Gasteiger partial charge in [-0.05, 0) is 49.7 Å². The minimum atomic E-state index is -2.81. The molecule has 0 spiro atoms. The summed E-state index contributed by atoms with van der Waals surface area (Å²) in [6, 6.07) is 9.77. The highest BCUT2D eigenvalue weighted by Crippen LogP contribution is 2.27. The highest BCUT2D eigenvalue weighted by molar-refractivity contribution is 5.87. The lowest BCUT2D eigenvalue weighted by Crippen LogP contribution is -2.17. The second-order valence-corrected chi connectivity index (χ2v) is 8.64. The van der Waals surface area contributed by atoms with Crippen LogP contribution in [0.15, 0.2) is 53.3 Å². The summed E-state index contributed by atoms with van der Waals surface area (Å²) in [5.74, 6) is -0.703. The number of fused-ring (bicyclic) bond motifs is 1. The molecule has 1 saturated heterocycles. The maximum Gasteiger partial charge on any atom is 0.314 e. The van der Waals surface area contributed by atoms with Gasteiger partial charge in [0.15, 0.2) is 0 Å². The second-order valence-electron chi connectivity index (χ2n) is 8.64. The van der Waals surface area contributed by atoms with E-state index in [9.17, 15) is 8.78 Å². The van der Waals surface area contributed by atoms with E-state index in [2.05, 4.69) is 59.8 Å². The Morgan fingerprint density at radius 3 is 2.63 bits per heavy atom. The van der Waals surface area contributed by atoms with E-state index >= 15 is 0 Å². The molecule has 0 aliphatic carbocycles. The number of nitrogens with one attached hydrogen (secondary N) is 1. The summed E-state index contributed by atoms with van der Waals surface area (Å²) in [7, 11) is 0. The Morgan fingerprint density at radius 1 is 1.00 bits per heavy atom. The van der Waals surface area contributed by atoms with Crippen LogP contribution < -0.4 is 0 Å². The van der Waals surface area contributed by atoms with Crippen LogP contribution in [0.4, 0.5) is 8.78 Å². The van der Waals surface area contributed by atoms with Crippen LogP contribution >= 0.6 is 0 Å². The van der Waals surface area contributed by atoms with E-state index in [1.807, 2.05) is 6.20 Å². The van der Waals surface area contributed by atoms with Crippen LogP contribution in [0.1, 0.15) is 36.4 Å². The number of halogens is 2. The van der Waals surface area contributed by atoms with E-state index in [1.54, 1.807) is 16.8 Å². The van der Waals surface area contributed by atoms with Crippen molar-refractivity contribution in [2.75, 3.05) is 13.1 Å². The number of rotatable bonds is 7. The fourth-order valence-electron chi connectivity index (χ4n) is 4.42. The zero-order valence-corrected chi connectivity index (χ0v) is 18.7. The predicted molar refractivity (Wildman–Crippen MR) is 123 cm³/mol. The lowest BCUT2D eigenvalue weighted by Gasteiger charge is -2.13. The van der Waals surface area contributed by atoms with Gasteiger partial charge < -0.3 is 9.40 Å². The number of hydrogen-bond acceptors (Lipinski definition) is 7. The molecule has 0 saturated carbocycles. The van der Waals surface area contributed by atoms with Crippen LogP contribution in [-0.4, -0.2) is 53.1 Å². The molecule has 5 heterocycles. The molecule has 0 unspecified atom stereocenters. The Hall–Kier alpha value is -3.99. The van der Waals surface area contributed by atoms with Crippen molar-refractivity contribution in [3.63, 3.8) is 0 Å². The topological polar surface area (TPSA) is 102 Å². The van der Waals surface area contributed by atoms with Crippen molar-refractivity contribution in [1.29, 1.82) is 0 Å². The zero-order chi connectivity index (χ0) is 23.8. The predicted octanol–water partition coefficient (Wildman–Crippen LogP) is 4.45. The quantitative estimate of drug-likeness (QED) is 0.370. The van der Waals surface area contributed by atoms with Crippen LogP contribution in [0, 0.1) is 0 Å². The normalized spacial score (nSPS) is 14.5. The molecule has 1 aliphatic rings. The maximum atomic E-state index is 12.6. The molecule has 0 amide bonds. The Morgan fingerprint density at radius 2 is 1.86 bits per heavy atom. The van der Waals surface area contributed by atoms with Gasteiger partial charge in [0.2, 0.25) is 5.89 Å². The molecule has 0 atom stereocenters. The van der Waals surface area contributed by atoms with Crippen molar-refractivity contribution in [3.05, 3.63) is 66.1 Å². The summed E-state index contributed by atoms with van der Waals surface area (Å²) in [5, 5.41) is 16.8. The average Bonchev–Trinajstić information content (AvgIpc) is 3.67. The summed E-state index contributed by atoms with van der Waals surface area (Å²) in [5.41, 5.74) is 5.34. The summed E-state index contributed by atoms with van der Waals surface area (Å²) in [6.45, 7) is 3.72. The average molecular weight is 476 g/mol. The molecule has 6 rings (SSSR count). The van der Waals surface area contributed by atoms with Gasteiger partial charge in [-0.1, -0.05) is 17.3 Å². The Bertz CT molecular complexity index is 1450. The van der Waals surface area contributed by atoms with E-state index in [1.165, 1.54) is 43.1 Å². The maximum absolute atomic E-state index is 12.6. The van der Waals surface area contributed by atoms with Gasteiger partial charge >= 0.3 is 6.43 Å². The van der Waals surface area contributed by atoms with Gasteiger partial charge in [0.1, 0.15) is 5.69 Å². The van der Waals surface area contributed by atoms with Gasteiger partial charge in [-0.15, -0.1) is 15.3 Å². The summed E-state index contributed by atoms with van der Waals surface area (Å²) < 4.78 is 32.0. The highest BCUT2D eigenvalue weighted by atomic mass is 19.3. The number of benzene rings is 1. The largest absolute Gasteiger partial charge is 0.415 e. The van der Waals surface area contributed by atoms with Crippen molar-refractivity contribution in [2.45, 2.75) is 32.4 Å². The first kappa shape index (κ1) is 21.5. The lowest BCUT2D eigenvalue weighted by molar-refractivity contribution is 0.116. The lowest BCUT2D eigenvalue weighted by atomic mass is 10.1. The third kappa shape index (κ3) is 4.42. The molecule has 5 aromatic rings. The number of aromatic amines is 1. The van der Waals surface area contributed by atoms with E-state index in [-0.39, 0.29) is 5.89 Å². The number of alkyl halides is 2. The molecule has 35 heavy (non-hydrogen) atoms. The Kier molecular flexibility index (Phi) is 5.53. The standard InChI is InChI=1S/C24H22F2N8O/c25-22(26)24-31-30-23(35-24)16-3-5-18(27-10-16)13-34-14-21(29-32-34)15-4-6-19-17(11-28-20(19)9-15)12-33-7-1-2-8-33/h3-6,9-11,14,22,28H,1-2,7-8,12-13H2. The SMILES string of the molecule is FC(F)c1nnc(-c2ccc(Cn3cc(-c4ccc5c(CN6CCCC6)c[nH]c5c4)nn3)nc2)o1. The van der Waals surface area contributed by atoms with Gasteiger partial charge in [0.05, 0.1) is 24.0 Å². The number of hydrogen-bond donors (Lipinski definition) is 1. The highest BCUT2D eigenvalue weighted by Gasteiger charge is 2.17. The summed E-state index contributed by atoms with van der Waals surface area (Å²) in [4.78, 5) is 10.2. The van der Waals surface area contributed by atoms with Crippen molar-refractivity contribution in [1.82, 2.24) is 40.1 Å². The Labute approximate surface area is 198 Å². The van der Waals surface area contributed by atoms with Crippen LogP contribution in [0.5, 0.6) is 0 Å². The number of H-pyrrole nitrogens is 1. The molecule has 0 radical (unpaired) electrons. The van der Waals surface area contributed by atoms with Gasteiger partial charge in [0, 0.05) is 35.4 Å². The first-order valence-electron chi connectivity index (χ1n) is 11.4. The van der Waals surface area contributed by atoms with E-state index in [0.717, 1.165) is 29.0 Å². The van der Waals surface area contributed by atoms with E-state index in [4.69, 9.17) is 4.42 Å². The third-order valence-electron chi connectivity index (χ3n) is 6.22. The van der Waals surface area contributed by atoms with E-state index < -0.39 is 12.3 Å². The fourth-order valence-corrected chi connectivity index (χ4v) is 4.42. The number of likely N-dealkylation sites (tertiary alicyclic amines) is 1. The van der Waals surface area contributed by atoms with Crippen molar-refractivity contribution in [2.24, 2.45) is 0 Å². The molecule has 1 aliphatic heterocycles. The first-order valence-corrected chi connectivity index (χ1v) is 11.4. The number of pyridine rings is 1. The van der Waals surface area contributed by atoms with Crippen LogP contribution in [-0.2, 0) is 13.1 Å². The molecule has 1 aromatic carbocycles. The monoisotopic (exact) mass is 476 g/mol. The minimum absolute atomic E-state index is 0.00527. The molecular weight excluding hydrogens is 454 g/mol. The Balaban J connectivity index is 1.15. The third-order valence-corrected chi connectivity index (χ3v) is 6.22. The molecule has 178 valence electrons. The molecule has 4 aromatic heterocycles. The van der Waals surface area contributed by atoms with Gasteiger partial charge in [0.25, 0.3) is 5.89 Å². The van der Waals surface area contributed by atoms with Crippen molar-refractivity contribution in [3.8, 4) is 22.7 Å². The van der Waals surface area contributed by atoms with Crippen molar-refractivity contribution < 1.29 is 13.2 Å². The molecule has 11 heteroatoms. The van der Waals surface area contributed by atoms with Gasteiger partial charge in [-0.2, -0.15) is 8.78 Å². The number of nitrogens with zero attached hydrogens (tertiary/aromatic N) is 7. The summed E-state index contributed by atoms with van der Waals surface area (Å²) in [6.07, 6.45) is 5.24.